The first-order chi connectivity index (χ1) is 6.62. The Bertz CT molecular complexity index is 284. The smallest absolute Gasteiger partial charge is 0.151 e. The van der Waals surface area contributed by atoms with Gasteiger partial charge in [-0.25, -0.2) is 8.42 Å². The van der Waals surface area contributed by atoms with Crippen molar-refractivity contribution < 1.29 is 8.42 Å². The summed E-state index contributed by atoms with van der Waals surface area (Å²) in [5.74, 6) is 1.000. The summed E-state index contributed by atoms with van der Waals surface area (Å²) in [6, 6.07) is 0.307. The highest BCUT2D eigenvalue weighted by molar-refractivity contribution is 7.92. The van der Waals surface area contributed by atoms with E-state index in [1.807, 2.05) is 0 Å². The number of sulfone groups is 1. The van der Waals surface area contributed by atoms with E-state index >= 15 is 0 Å². The Kier molecular flexibility index (Phi) is 2.81. The molecule has 0 aromatic rings. The van der Waals surface area contributed by atoms with Crippen LogP contribution in [-0.4, -0.2) is 50.5 Å². The molecule has 2 N–H and O–H groups in total. The fraction of sp³-hybridized carbons (Fsp3) is 1.00. The molecule has 2 heterocycles. The van der Waals surface area contributed by atoms with E-state index in [0.717, 1.165) is 13.1 Å². The van der Waals surface area contributed by atoms with Crippen LogP contribution in [0.15, 0.2) is 0 Å². The van der Waals surface area contributed by atoms with E-state index in [2.05, 4.69) is 4.90 Å². The van der Waals surface area contributed by atoms with Gasteiger partial charge in [-0.2, -0.15) is 0 Å². The molecule has 4 nitrogen and oxygen atoms in total. The van der Waals surface area contributed by atoms with Gasteiger partial charge in [-0.3, -0.25) is 4.90 Å². The second kappa shape index (κ2) is 3.79. The summed E-state index contributed by atoms with van der Waals surface area (Å²) in [6.45, 7) is 2.79. The van der Waals surface area contributed by atoms with Crippen molar-refractivity contribution in [2.45, 2.75) is 18.9 Å². The van der Waals surface area contributed by atoms with E-state index in [1.165, 1.54) is 12.8 Å². The Hall–Kier alpha value is -0.130. The van der Waals surface area contributed by atoms with E-state index in [0.29, 0.717) is 30.0 Å². The van der Waals surface area contributed by atoms with Crippen LogP contribution in [0.4, 0.5) is 0 Å². The van der Waals surface area contributed by atoms with Gasteiger partial charge in [0.25, 0.3) is 0 Å². The molecule has 2 aliphatic rings. The first kappa shape index (κ1) is 10.4. The molecule has 2 aliphatic heterocycles. The van der Waals surface area contributed by atoms with Gasteiger partial charge in [-0.15, -0.1) is 0 Å². The molecule has 1 atom stereocenters. The summed E-state index contributed by atoms with van der Waals surface area (Å²) in [5, 5.41) is 0. The molecule has 0 radical (unpaired) electrons. The van der Waals surface area contributed by atoms with Crippen molar-refractivity contribution in [3.05, 3.63) is 0 Å². The highest BCUT2D eigenvalue weighted by Gasteiger charge is 2.40. The van der Waals surface area contributed by atoms with Gasteiger partial charge in [-0.05, 0) is 25.9 Å². The van der Waals surface area contributed by atoms with E-state index < -0.39 is 9.84 Å². The Morgan fingerprint density at radius 1 is 1.29 bits per heavy atom. The highest BCUT2D eigenvalue weighted by Crippen LogP contribution is 2.26. The van der Waals surface area contributed by atoms with Gasteiger partial charge in [0.1, 0.15) is 0 Å². The van der Waals surface area contributed by atoms with Crippen LogP contribution < -0.4 is 5.73 Å². The summed E-state index contributed by atoms with van der Waals surface area (Å²) >= 11 is 0. The Morgan fingerprint density at radius 3 is 2.29 bits per heavy atom. The van der Waals surface area contributed by atoms with Crippen molar-refractivity contribution in [3.63, 3.8) is 0 Å². The van der Waals surface area contributed by atoms with Crippen molar-refractivity contribution in [2.75, 3.05) is 31.1 Å². The Labute approximate surface area is 85.4 Å². The van der Waals surface area contributed by atoms with Gasteiger partial charge >= 0.3 is 0 Å². The fourth-order valence-electron chi connectivity index (χ4n) is 2.54. The molecule has 5 heteroatoms. The van der Waals surface area contributed by atoms with Crippen molar-refractivity contribution in [3.8, 4) is 0 Å². The third-order valence-electron chi connectivity index (χ3n) is 3.33. The molecule has 2 fully saturated rings. The maximum Gasteiger partial charge on any atom is 0.151 e. The molecule has 14 heavy (non-hydrogen) atoms. The topological polar surface area (TPSA) is 63.4 Å². The fourth-order valence-corrected chi connectivity index (χ4v) is 4.19. The summed E-state index contributed by atoms with van der Waals surface area (Å²) in [4.78, 5) is 2.36. The Balaban J connectivity index is 1.94. The third kappa shape index (κ3) is 1.94. The molecule has 0 aliphatic carbocycles. The van der Waals surface area contributed by atoms with Gasteiger partial charge in [-0.1, -0.05) is 0 Å². The summed E-state index contributed by atoms with van der Waals surface area (Å²) in [6.07, 6.45) is 2.46. The second-order valence-electron chi connectivity index (χ2n) is 4.38. The zero-order chi connectivity index (χ0) is 10.2. The molecule has 0 saturated carbocycles. The molecule has 0 aromatic heterocycles. The quantitative estimate of drug-likeness (QED) is 0.690. The van der Waals surface area contributed by atoms with Crippen LogP contribution in [-0.2, 0) is 9.84 Å². The van der Waals surface area contributed by atoms with Crippen LogP contribution >= 0.6 is 0 Å². The minimum atomic E-state index is -2.70. The number of nitrogens with zero attached hydrogens (tertiary/aromatic N) is 1. The first-order valence-electron chi connectivity index (χ1n) is 5.27. The lowest BCUT2D eigenvalue weighted by Gasteiger charge is -2.38. The summed E-state index contributed by atoms with van der Waals surface area (Å²) in [5.41, 5.74) is 5.72. The highest BCUT2D eigenvalue weighted by atomic mass is 32.2. The lowest BCUT2D eigenvalue weighted by molar-refractivity contribution is 0.192. The monoisotopic (exact) mass is 218 g/mol. The molecule has 0 bridgehead atoms. The first-order valence-corrected chi connectivity index (χ1v) is 7.09. The van der Waals surface area contributed by atoms with Crippen molar-refractivity contribution in [1.82, 2.24) is 4.90 Å². The predicted molar refractivity (Wildman–Crippen MR) is 55.8 cm³/mol. The SMILES string of the molecule is NCC(C1CS(=O)(=O)C1)N1CCCC1. The van der Waals surface area contributed by atoms with Crippen LogP contribution in [0.3, 0.4) is 0 Å². The molecule has 2 rings (SSSR count). The standard InChI is InChI=1S/C9H18N2O2S/c10-5-9(11-3-1-2-4-11)8-6-14(12,13)7-8/h8-9H,1-7,10H2. The molecular weight excluding hydrogens is 200 g/mol. The second-order valence-corrected chi connectivity index (χ2v) is 6.54. The minimum Gasteiger partial charge on any atom is -0.329 e. The maximum absolute atomic E-state index is 11.1. The van der Waals surface area contributed by atoms with E-state index in [9.17, 15) is 8.42 Å². The molecule has 0 amide bonds. The van der Waals surface area contributed by atoms with Crippen molar-refractivity contribution in [1.29, 1.82) is 0 Å². The van der Waals surface area contributed by atoms with Gasteiger partial charge < -0.3 is 5.73 Å². The zero-order valence-corrected chi connectivity index (χ0v) is 9.17. The van der Waals surface area contributed by atoms with Gasteiger partial charge in [0, 0.05) is 18.5 Å². The molecule has 0 spiro atoms. The van der Waals surface area contributed by atoms with E-state index in [1.54, 1.807) is 0 Å². The average molecular weight is 218 g/mol. The average Bonchev–Trinajstić information content (AvgIpc) is 2.55. The largest absolute Gasteiger partial charge is 0.329 e. The normalized spacial score (nSPS) is 30.1. The number of likely N-dealkylation sites (tertiary alicyclic amines) is 1. The molecular formula is C9H18N2O2S. The molecule has 1 unspecified atom stereocenters. The van der Waals surface area contributed by atoms with Gasteiger partial charge in [0.2, 0.25) is 0 Å². The van der Waals surface area contributed by atoms with Crippen LogP contribution in [0.2, 0.25) is 0 Å². The number of hydrogen-bond donors (Lipinski definition) is 1. The summed E-state index contributed by atoms with van der Waals surface area (Å²) in [7, 11) is -2.70. The van der Waals surface area contributed by atoms with E-state index in [4.69, 9.17) is 5.73 Å². The van der Waals surface area contributed by atoms with Crippen LogP contribution in [0.25, 0.3) is 0 Å². The summed E-state index contributed by atoms with van der Waals surface area (Å²) < 4.78 is 22.1. The van der Waals surface area contributed by atoms with Crippen LogP contribution in [0.5, 0.6) is 0 Å². The molecule has 2 saturated heterocycles. The van der Waals surface area contributed by atoms with Gasteiger partial charge in [0.15, 0.2) is 9.84 Å². The number of hydrogen-bond acceptors (Lipinski definition) is 4. The maximum atomic E-state index is 11.1. The molecule has 0 aromatic carbocycles. The lowest BCUT2D eigenvalue weighted by Crippen LogP contribution is -2.53. The minimum absolute atomic E-state index is 0.295. The van der Waals surface area contributed by atoms with Crippen molar-refractivity contribution in [2.24, 2.45) is 11.7 Å². The number of rotatable bonds is 3. The number of nitrogens with two attached hydrogens (primary N) is 1. The van der Waals surface area contributed by atoms with Crippen molar-refractivity contribution >= 4 is 9.84 Å². The predicted octanol–water partition coefficient (Wildman–Crippen LogP) is -0.546. The third-order valence-corrected chi connectivity index (χ3v) is 5.20. The lowest BCUT2D eigenvalue weighted by atomic mass is 10.0. The van der Waals surface area contributed by atoms with Crippen LogP contribution in [0, 0.1) is 5.92 Å². The van der Waals surface area contributed by atoms with Crippen LogP contribution in [0.1, 0.15) is 12.8 Å². The van der Waals surface area contributed by atoms with Gasteiger partial charge in [0.05, 0.1) is 11.5 Å². The molecule has 82 valence electrons. The van der Waals surface area contributed by atoms with E-state index in [-0.39, 0.29) is 0 Å². The Morgan fingerprint density at radius 2 is 1.86 bits per heavy atom. The zero-order valence-electron chi connectivity index (χ0n) is 8.35.